The fraction of sp³-hybridized carbons (Fsp3) is 0.100. The maximum absolute atomic E-state index is 13.8. The van der Waals surface area contributed by atoms with Gasteiger partial charge in [-0.1, -0.05) is 11.3 Å². The first kappa shape index (κ1) is 20.8. The first-order chi connectivity index (χ1) is 14.6. The number of aromatic hydroxyl groups is 1. The van der Waals surface area contributed by atoms with Gasteiger partial charge in [0.2, 0.25) is 0 Å². The number of alkyl halides is 3. The van der Waals surface area contributed by atoms with Gasteiger partial charge in [-0.05, 0) is 42.0 Å². The monoisotopic (exact) mass is 454 g/mol. The highest BCUT2D eigenvalue weighted by molar-refractivity contribution is 7.15. The van der Waals surface area contributed by atoms with Crippen LogP contribution in [-0.2, 0) is 6.18 Å². The van der Waals surface area contributed by atoms with Gasteiger partial charge >= 0.3 is 6.18 Å². The molecule has 0 bridgehead atoms. The molecule has 0 spiro atoms. The second-order valence-electron chi connectivity index (χ2n) is 6.44. The summed E-state index contributed by atoms with van der Waals surface area (Å²) in [7, 11) is 1.25. The minimum atomic E-state index is -4.87. The minimum absolute atomic E-state index is 0.0000957. The molecule has 4 aromatic rings. The normalized spacial score (nSPS) is 12.6. The summed E-state index contributed by atoms with van der Waals surface area (Å²) in [5.74, 6) is -3.11. The Kier molecular flexibility index (Phi) is 4.92. The van der Waals surface area contributed by atoms with Gasteiger partial charge in [-0.25, -0.2) is 13.8 Å². The molecule has 0 aliphatic rings. The van der Waals surface area contributed by atoms with E-state index in [9.17, 15) is 31.9 Å². The van der Waals surface area contributed by atoms with E-state index in [-0.39, 0.29) is 32.1 Å². The van der Waals surface area contributed by atoms with Crippen molar-refractivity contribution in [1.82, 2.24) is 9.38 Å². The number of thiazole rings is 1. The largest absolute Gasteiger partial charge is 0.502 e. The first-order valence-corrected chi connectivity index (χ1v) is 9.37. The lowest BCUT2D eigenvalue weighted by molar-refractivity contribution is -0.139. The molecule has 0 radical (unpaired) electrons. The van der Waals surface area contributed by atoms with Gasteiger partial charge in [0.25, 0.3) is 5.56 Å². The molecule has 0 amide bonds. The summed E-state index contributed by atoms with van der Waals surface area (Å²) in [5.41, 5.74) is -1.63. The van der Waals surface area contributed by atoms with Crippen molar-refractivity contribution in [2.24, 2.45) is 0 Å². The standard InChI is InChI=1S/C20H11F5N2O3S/c1-30-15-5-9(4-13(22)17(15)28)6-16-18(29)27-8-14(26-19(27)31-16)10-2-3-12(21)11(7-10)20(23,24)25/h2-8,28H,1H3. The number of imidazole rings is 1. The number of hydrogen-bond acceptors (Lipinski definition) is 5. The molecule has 0 atom stereocenters. The highest BCUT2D eigenvalue weighted by atomic mass is 32.1. The van der Waals surface area contributed by atoms with E-state index >= 15 is 0 Å². The van der Waals surface area contributed by atoms with E-state index in [0.717, 1.165) is 27.9 Å². The minimum Gasteiger partial charge on any atom is -0.502 e. The van der Waals surface area contributed by atoms with Crippen LogP contribution in [0.5, 0.6) is 11.5 Å². The van der Waals surface area contributed by atoms with Crippen LogP contribution in [0.1, 0.15) is 11.1 Å². The molecule has 31 heavy (non-hydrogen) atoms. The van der Waals surface area contributed by atoms with Crippen LogP contribution in [0.15, 0.2) is 41.3 Å². The van der Waals surface area contributed by atoms with Crippen LogP contribution >= 0.6 is 11.3 Å². The van der Waals surface area contributed by atoms with E-state index < -0.39 is 34.7 Å². The molecule has 1 N–H and O–H groups in total. The Bertz CT molecular complexity index is 1430. The maximum Gasteiger partial charge on any atom is 0.419 e. The molecule has 0 aliphatic carbocycles. The summed E-state index contributed by atoms with van der Waals surface area (Å²) in [6.07, 6.45) is -2.26. The molecule has 11 heteroatoms. The molecule has 0 saturated heterocycles. The van der Waals surface area contributed by atoms with E-state index in [1.54, 1.807) is 0 Å². The highest BCUT2D eigenvalue weighted by Gasteiger charge is 2.34. The number of nitrogens with zero attached hydrogens (tertiary/aromatic N) is 2. The van der Waals surface area contributed by atoms with Crippen molar-refractivity contribution in [3.8, 4) is 22.8 Å². The number of halogens is 5. The zero-order valence-corrected chi connectivity index (χ0v) is 16.3. The Labute approximate surface area is 174 Å². The molecule has 0 fully saturated rings. The third kappa shape index (κ3) is 3.72. The molecule has 160 valence electrons. The lowest BCUT2D eigenvalue weighted by atomic mass is 10.1. The van der Waals surface area contributed by atoms with Gasteiger partial charge in [0.1, 0.15) is 5.82 Å². The Hall–Kier alpha value is -3.47. The summed E-state index contributed by atoms with van der Waals surface area (Å²) < 4.78 is 72.4. The average molecular weight is 454 g/mol. The van der Waals surface area contributed by atoms with Gasteiger partial charge in [-0.15, -0.1) is 0 Å². The van der Waals surface area contributed by atoms with Gasteiger partial charge in [0.15, 0.2) is 22.3 Å². The second-order valence-corrected chi connectivity index (χ2v) is 7.45. The predicted octanol–water partition coefficient (Wildman–Crippen LogP) is 3.98. The average Bonchev–Trinajstić information content (AvgIpc) is 3.23. The summed E-state index contributed by atoms with van der Waals surface area (Å²) in [6, 6.07) is 4.81. The second kappa shape index (κ2) is 7.34. The van der Waals surface area contributed by atoms with E-state index in [1.165, 1.54) is 25.4 Å². The fourth-order valence-corrected chi connectivity index (χ4v) is 3.91. The lowest BCUT2D eigenvalue weighted by Crippen LogP contribution is -2.22. The number of phenols is 1. The van der Waals surface area contributed by atoms with Gasteiger partial charge in [-0.3, -0.25) is 9.20 Å². The highest BCUT2D eigenvalue weighted by Crippen LogP contribution is 2.34. The molecule has 0 aliphatic heterocycles. The molecule has 2 aromatic carbocycles. The SMILES string of the molecule is COc1cc(C=c2sc3nc(-c4ccc(F)c(C(F)(F)F)c4)cn3c2=O)cc(F)c1O. The van der Waals surface area contributed by atoms with Gasteiger partial charge in [-0.2, -0.15) is 13.2 Å². The van der Waals surface area contributed by atoms with Crippen molar-refractivity contribution in [1.29, 1.82) is 0 Å². The third-order valence-corrected chi connectivity index (χ3v) is 5.42. The third-order valence-electron chi connectivity index (χ3n) is 4.44. The van der Waals surface area contributed by atoms with E-state index in [0.29, 0.717) is 12.1 Å². The first-order valence-electron chi connectivity index (χ1n) is 8.55. The Morgan fingerprint density at radius 3 is 2.55 bits per heavy atom. The fourth-order valence-electron chi connectivity index (χ4n) is 2.96. The van der Waals surface area contributed by atoms with Crippen LogP contribution in [0.2, 0.25) is 0 Å². The number of hydrogen-bond donors (Lipinski definition) is 1. The molecule has 5 nitrogen and oxygen atoms in total. The van der Waals surface area contributed by atoms with Crippen LogP contribution in [0, 0.1) is 11.6 Å². The molecular formula is C20H11F5N2O3S. The zero-order chi connectivity index (χ0) is 22.5. The van der Waals surface area contributed by atoms with Crippen molar-refractivity contribution in [2.45, 2.75) is 6.18 Å². The summed E-state index contributed by atoms with van der Waals surface area (Å²) in [5, 5.41) is 9.57. The summed E-state index contributed by atoms with van der Waals surface area (Å²) in [4.78, 5) is 17.0. The Balaban J connectivity index is 1.79. The topological polar surface area (TPSA) is 63.8 Å². The zero-order valence-electron chi connectivity index (χ0n) is 15.5. The van der Waals surface area contributed by atoms with Gasteiger partial charge < -0.3 is 9.84 Å². The molecule has 0 saturated carbocycles. The van der Waals surface area contributed by atoms with Crippen molar-refractivity contribution >= 4 is 22.4 Å². The van der Waals surface area contributed by atoms with Crippen molar-refractivity contribution in [3.63, 3.8) is 0 Å². The van der Waals surface area contributed by atoms with Gasteiger partial charge in [0.05, 0.1) is 22.9 Å². The number of benzene rings is 2. The number of methoxy groups -OCH3 is 1. The number of fused-ring (bicyclic) bond motifs is 1. The van der Waals surface area contributed by atoms with Crippen LogP contribution in [-0.4, -0.2) is 21.6 Å². The van der Waals surface area contributed by atoms with Crippen molar-refractivity contribution < 1.29 is 31.8 Å². The quantitative estimate of drug-likeness (QED) is 0.476. The van der Waals surface area contributed by atoms with E-state index in [1.807, 2.05) is 0 Å². The number of ether oxygens (including phenoxy) is 1. The van der Waals surface area contributed by atoms with Gasteiger partial charge in [0, 0.05) is 11.8 Å². The van der Waals surface area contributed by atoms with Crippen LogP contribution in [0.4, 0.5) is 22.0 Å². The molecule has 4 rings (SSSR count). The number of rotatable bonds is 3. The van der Waals surface area contributed by atoms with Crippen molar-refractivity contribution in [3.05, 3.63) is 74.2 Å². The van der Waals surface area contributed by atoms with Crippen LogP contribution in [0.3, 0.4) is 0 Å². The van der Waals surface area contributed by atoms with Crippen molar-refractivity contribution in [2.75, 3.05) is 7.11 Å². The molecular weight excluding hydrogens is 443 g/mol. The van der Waals surface area contributed by atoms with E-state index in [2.05, 4.69) is 4.98 Å². The number of aromatic nitrogens is 2. The Morgan fingerprint density at radius 2 is 1.90 bits per heavy atom. The van der Waals surface area contributed by atoms with Crippen LogP contribution < -0.4 is 14.8 Å². The Morgan fingerprint density at radius 1 is 1.16 bits per heavy atom. The smallest absolute Gasteiger partial charge is 0.419 e. The lowest BCUT2D eigenvalue weighted by Gasteiger charge is -2.08. The van der Waals surface area contributed by atoms with Crippen LogP contribution in [0.25, 0.3) is 22.3 Å². The van der Waals surface area contributed by atoms with E-state index in [4.69, 9.17) is 4.74 Å². The summed E-state index contributed by atoms with van der Waals surface area (Å²) >= 11 is 0.932. The predicted molar refractivity (Wildman–Crippen MR) is 103 cm³/mol. The molecule has 2 heterocycles. The summed E-state index contributed by atoms with van der Waals surface area (Å²) in [6.45, 7) is 0. The maximum atomic E-state index is 13.8. The number of phenolic OH excluding ortho intramolecular Hbond substituents is 1. The molecule has 0 unspecified atom stereocenters. The molecule has 2 aromatic heterocycles.